The lowest BCUT2D eigenvalue weighted by atomic mass is 10.1. The van der Waals surface area contributed by atoms with Crippen LogP contribution in [0.5, 0.6) is 0 Å². The number of amidine groups is 1. The van der Waals surface area contributed by atoms with E-state index in [0.29, 0.717) is 40.0 Å². The Morgan fingerprint density at radius 3 is 3.00 bits per heavy atom. The number of furan rings is 1. The smallest absolute Gasteiger partial charge is 0.260 e. The fraction of sp³-hybridized carbons (Fsp3) is 0.235. The van der Waals surface area contributed by atoms with E-state index in [-0.39, 0.29) is 5.91 Å². The number of hydrogen-bond acceptors (Lipinski definition) is 5. The third-order valence-electron chi connectivity index (χ3n) is 4.13. The molecule has 0 saturated heterocycles. The molecule has 4 rings (SSSR count). The number of benzene rings is 1. The summed E-state index contributed by atoms with van der Waals surface area (Å²) in [5.74, 6) is 1.42. The van der Waals surface area contributed by atoms with Crippen LogP contribution >= 0.6 is 11.6 Å². The van der Waals surface area contributed by atoms with Gasteiger partial charge in [-0.05, 0) is 31.5 Å². The summed E-state index contributed by atoms with van der Waals surface area (Å²) in [6.45, 7) is 5.11. The Hall–Kier alpha value is -2.60. The van der Waals surface area contributed by atoms with Crippen molar-refractivity contribution in [3.63, 3.8) is 0 Å². The number of aryl methyl sites for hydroxylation is 2. The van der Waals surface area contributed by atoms with Crippen LogP contribution in [0.4, 0.5) is 11.6 Å². The number of hydrogen-bond donors (Lipinski definition) is 1. The molecular weight excluding hydrogens is 328 g/mol. The Labute approximate surface area is 143 Å². The number of aliphatic imine (C=N–C) groups is 2. The van der Waals surface area contributed by atoms with Gasteiger partial charge in [-0.3, -0.25) is 9.79 Å². The van der Waals surface area contributed by atoms with Crippen LogP contribution in [-0.2, 0) is 0 Å². The van der Waals surface area contributed by atoms with Crippen molar-refractivity contribution >= 4 is 41.3 Å². The third kappa shape index (κ3) is 2.30. The van der Waals surface area contributed by atoms with E-state index >= 15 is 0 Å². The molecule has 1 amide bonds. The Balaban J connectivity index is 1.72. The number of rotatable bonds is 2. The van der Waals surface area contributed by atoms with E-state index < -0.39 is 0 Å². The Morgan fingerprint density at radius 2 is 2.21 bits per heavy atom. The highest BCUT2D eigenvalue weighted by Gasteiger charge is 2.33. The van der Waals surface area contributed by atoms with Crippen molar-refractivity contribution in [3.05, 3.63) is 45.7 Å². The average Bonchev–Trinajstić information content (AvgIpc) is 3.13. The molecule has 2 aliphatic rings. The average molecular weight is 343 g/mol. The minimum atomic E-state index is -0.260. The standard InChI is InChI=1S/C17H15ClN4O2/c1-9-3-4-11(7-12(9)18)21-16(23)13-10(2)24-17-14(13)15-19-5-6-22(15)8-20-17/h3-4,7-8H,5-6H2,1-2H3,(H,21,23). The van der Waals surface area contributed by atoms with Gasteiger partial charge in [-0.15, -0.1) is 0 Å². The van der Waals surface area contributed by atoms with Crippen LogP contribution in [0.25, 0.3) is 0 Å². The quantitative estimate of drug-likeness (QED) is 0.907. The molecule has 0 atom stereocenters. The molecule has 6 nitrogen and oxygen atoms in total. The van der Waals surface area contributed by atoms with Gasteiger partial charge in [-0.25, -0.2) is 4.99 Å². The van der Waals surface area contributed by atoms with Gasteiger partial charge >= 0.3 is 0 Å². The molecule has 122 valence electrons. The molecule has 0 saturated carbocycles. The van der Waals surface area contributed by atoms with E-state index in [1.807, 2.05) is 24.0 Å². The van der Waals surface area contributed by atoms with Crippen molar-refractivity contribution in [1.82, 2.24) is 4.90 Å². The number of fused-ring (bicyclic) bond motifs is 3. The molecule has 0 spiro atoms. The third-order valence-corrected chi connectivity index (χ3v) is 4.54. The second-order valence-electron chi connectivity index (χ2n) is 5.77. The highest BCUT2D eigenvalue weighted by Crippen LogP contribution is 2.34. The summed E-state index contributed by atoms with van der Waals surface area (Å²) >= 11 is 6.13. The first-order chi connectivity index (χ1) is 11.5. The van der Waals surface area contributed by atoms with Crippen LogP contribution in [0.3, 0.4) is 0 Å². The summed E-state index contributed by atoms with van der Waals surface area (Å²) < 4.78 is 5.65. The monoisotopic (exact) mass is 342 g/mol. The van der Waals surface area contributed by atoms with Crippen molar-refractivity contribution in [3.8, 4) is 0 Å². The lowest BCUT2D eigenvalue weighted by Crippen LogP contribution is -2.30. The van der Waals surface area contributed by atoms with Crippen LogP contribution in [0.2, 0.25) is 5.02 Å². The minimum absolute atomic E-state index is 0.260. The van der Waals surface area contributed by atoms with E-state index in [2.05, 4.69) is 15.3 Å². The van der Waals surface area contributed by atoms with E-state index in [0.717, 1.165) is 17.9 Å². The van der Waals surface area contributed by atoms with Crippen LogP contribution in [0, 0.1) is 13.8 Å². The Kier molecular flexibility index (Phi) is 3.42. The highest BCUT2D eigenvalue weighted by molar-refractivity contribution is 6.31. The zero-order chi connectivity index (χ0) is 16.8. The number of carbonyl (C=O) groups excluding carboxylic acids is 1. The second kappa shape index (κ2) is 5.49. The molecule has 2 aliphatic heterocycles. The first kappa shape index (κ1) is 15.0. The number of halogens is 1. The molecule has 0 unspecified atom stereocenters. The lowest BCUT2D eigenvalue weighted by Gasteiger charge is -2.18. The molecule has 0 aliphatic carbocycles. The van der Waals surface area contributed by atoms with Gasteiger partial charge in [0.05, 0.1) is 17.7 Å². The summed E-state index contributed by atoms with van der Waals surface area (Å²) in [6.07, 6.45) is 1.69. The predicted molar refractivity (Wildman–Crippen MR) is 93.8 cm³/mol. The largest absolute Gasteiger partial charge is 0.442 e. The molecule has 1 aromatic heterocycles. The first-order valence-corrected chi connectivity index (χ1v) is 7.99. The second-order valence-corrected chi connectivity index (χ2v) is 6.18. The van der Waals surface area contributed by atoms with Crippen molar-refractivity contribution < 1.29 is 9.21 Å². The van der Waals surface area contributed by atoms with E-state index in [1.54, 1.807) is 19.3 Å². The van der Waals surface area contributed by atoms with E-state index in [4.69, 9.17) is 16.0 Å². The van der Waals surface area contributed by atoms with Gasteiger partial charge in [-0.2, -0.15) is 0 Å². The molecule has 1 N–H and O–H groups in total. The molecule has 0 fully saturated rings. The number of carbonyl (C=O) groups is 1. The maximum absolute atomic E-state index is 12.8. The molecule has 0 bridgehead atoms. The summed E-state index contributed by atoms with van der Waals surface area (Å²) in [5.41, 5.74) is 2.71. The SMILES string of the molecule is Cc1ccc(NC(=O)c2c(C)oc3c2C2=NCCN2C=N3)cc1Cl. The van der Waals surface area contributed by atoms with Crippen LogP contribution in [0.15, 0.2) is 32.6 Å². The summed E-state index contributed by atoms with van der Waals surface area (Å²) in [5, 5.41) is 3.48. The van der Waals surface area contributed by atoms with Crippen molar-refractivity contribution in [1.29, 1.82) is 0 Å². The molecule has 2 aromatic rings. The van der Waals surface area contributed by atoms with Gasteiger partial charge in [0.2, 0.25) is 5.88 Å². The van der Waals surface area contributed by atoms with Crippen molar-refractivity contribution in [2.45, 2.75) is 13.8 Å². The highest BCUT2D eigenvalue weighted by atomic mass is 35.5. The zero-order valence-electron chi connectivity index (χ0n) is 13.3. The van der Waals surface area contributed by atoms with Gasteiger partial charge in [0.1, 0.15) is 17.9 Å². The summed E-state index contributed by atoms with van der Waals surface area (Å²) in [6, 6.07) is 5.41. The molecule has 3 heterocycles. The van der Waals surface area contributed by atoms with Gasteiger partial charge in [-0.1, -0.05) is 17.7 Å². The van der Waals surface area contributed by atoms with Crippen molar-refractivity contribution in [2.24, 2.45) is 9.98 Å². The molecule has 24 heavy (non-hydrogen) atoms. The minimum Gasteiger partial charge on any atom is -0.442 e. The van der Waals surface area contributed by atoms with Gasteiger partial charge in [0.15, 0.2) is 0 Å². The Bertz CT molecular complexity index is 914. The Morgan fingerprint density at radius 1 is 1.38 bits per heavy atom. The molecule has 0 radical (unpaired) electrons. The number of nitrogens with zero attached hydrogens (tertiary/aromatic N) is 3. The topological polar surface area (TPSA) is 70.2 Å². The number of amides is 1. The number of nitrogens with one attached hydrogen (secondary N) is 1. The first-order valence-electron chi connectivity index (χ1n) is 7.61. The van der Waals surface area contributed by atoms with Crippen LogP contribution in [-0.4, -0.2) is 36.1 Å². The molecule has 1 aromatic carbocycles. The summed E-state index contributed by atoms with van der Waals surface area (Å²) in [7, 11) is 0. The fourth-order valence-electron chi connectivity index (χ4n) is 2.88. The van der Waals surface area contributed by atoms with Crippen LogP contribution < -0.4 is 5.32 Å². The lowest BCUT2D eigenvalue weighted by molar-refractivity contribution is 0.102. The van der Waals surface area contributed by atoms with E-state index in [9.17, 15) is 4.79 Å². The van der Waals surface area contributed by atoms with Gasteiger partial charge in [0.25, 0.3) is 5.91 Å². The predicted octanol–water partition coefficient (Wildman–Crippen LogP) is 3.54. The van der Waals surface area contributed by atoms with Gasteiger partial charge < -0.3 is 14.6 Å². The zero-order valence-corrected chi connectivity index (χ0v) is 14.0. The van der Waals surface area contributed by atoms with Crippen molar-refractivity contribution in [2.75, 3.05) is 18.4 Å². The maximum Gasteiger partial charge on any atom is 0.260 e. The van der Waals surface area contributed by atoms with Crippen LogP contribution in [0.1, 0.15) is 27.2 Å². The van der Waals surface area contributed by atoms with Gasteiger partial charge in [0, 0.05) is 17.3 Å². The summed E-state index contributed by atoms with van der Waals surface area (Å²) in [4.78, 5) is 23.5. The normalized spacial score (nSPS) is 15.1. The van der Waals surface area contributed by atoms with E-state index in [1.165, 1.54) is 0 Å². The fourth-order valence-corrected chi connectivity index (χ4v) is 3.06. The number of anilines is 1. The maximum atomic E-state index is 12.8. The molecule has 7 heteroatoms. The molecular formula is C17H15ClN4O2.